The van der Waals surface area contributed by atoms with E-state index in [1.165, 1.54) is 13.0 Å². The lowest BCUT2D eigenvalue weighted by molar-refractivity contribution is 0.255. The molecule has 1 N–H and O–H groups in total. The highest BCUT2D eigenvalue weighted by molar-refractivity contribution is 7.84. The third kappa shape index (κ3) is 6.72. The van der Waals surface area contributed by atoms with E-state index >= 15 is 0 Å². The minimum absolute atomic E-state index is 0.622. The van der Waals surface area contributed by atoms with Crippen LogP contribution in [-0.2, 0) is 16.6 Å². The second-order valence-electron chi connectivity index (χ2n) is 6.83. The Kier molecular flexibility index (Phi) is 9.12. The molecule has 26 heavy (non-hydrogen) atoms. The van der Waals surface area contributed by atoms with E-state index in [0.717, 1.165) is 37.7 Å². The highest BCUT2D eigenvalue weighted by atomic mass is 32.2. The lowest BCUT2D eigenvalue weighted by Crippen LogP contribution is -2.42. The van der Waals surface area contributed by atoms with Gasteiger partial charge in [-0.3, -0.25) is 9.20 Å². The van der Waals surface area contributed by atoms with E-state index in [1.807, 2.05) is 37.4 Å². The quantitative estimate of drug-likeness (QED) is 0.528. The van der Waals surface area contributed by atoms with Gasteiger partial charge in [0.25, 0.3) is 0 Å². The first-order valence-corrected chi connectivity index (χ1v) is 11.2. The maximum atomic E-state index is 12.3. The highest BCUT2D eigenvalue weighted by Gasteiger charge is 2.25. The number of guanidine groups is 1. The average molecular weight is 379 g/mol. The van der Waals surface area contributed by atoms with Crippen molar-refractivity contribution in [1.82, 2.24) is 15.1 Å². The van der Waals surface area contributed by atoms with Crippen LogP contribution in [0, 0.1) is 5.92 Å². The predicted molar refractivity (Wildman–Crippen MR) is 112 cm³/mol. The van der Waals surface area contributed by atoms with E-state index in [9.17, 15) is 4.21 Å². The first kappa shape index (κ1) is 20.9. The van der Waals surface area contributed by atoms with Gasteiger partial charge in [0.05, 0.1) is 0 Å². The average Bonchev–Trinajstić information content (AvgIpc) is 3.12. The summed E-state index contributed by atoms with van der Waals surface area (Å²) >= 11 is 0. The molecule has 1 aromatic rings. The summed E-state index contributed by atoms with van der Waals surface area (Å²) in [6.45, 7) is 10.7. The van der Waals surface area contributed by atoms with E-state index in [1.54, 1.807) is 0 Å². The van der Waals surface area contributed by atoms with Crippen molar-refractivity contribution in [2.24, 2.45) is 10.9 Å². The zero-order valence-corrected chi connectivity index (χ0v) is 17.3. The number of hydrogen-bond donors (Lipinski definition) is 1. The molecule has 2 unspecified atom stereocenters. The Balaban J connectivity index is 1.72. The molecule has 1 heterocycles. The van der Waals surface area contributed by atoms with E-state index in [4.69, 9.17) is 0 Å². The maximum absolute atomic E-state index is 12.3. The summed E-state index contributed by atoms with van der Waals surface area (Å²) in [5.74, 6) is 2.92. The molecule has 1 aliphatic rings. The van der Waals surface area contributed by atoms with Crippen LogP contribution in [0.1, 0.15) is 25.8 Å². The normalized spacial score (nSPS) is 19.2. The maximum Gasteiger partial charge on any atom is 0.193 e. The van der Waals surface area contributed by atoms with Gasteiger partial charge in [-0.25, -0.2) is 0 Å². The molecule has 2 atom stereocenters. The van der Waals surface area contributed by atoms with Gasteiger partial charge in [0.15, 0.2) is 5.96 Å². The molecule has 146 valence electrons. The fourth-order valence-corrected chi connectivity index (χ4v) is 4.50. The number of aliphatic imine (C=N–C) groups is 1. The van der Waals surface area contributed by atoms with Crippen molar-refractivity contribution in [3.05, 3.63) is 35.9 Å². The van der Waals surface area contributed by atoms with Gasteiger partial charge in [-0.05, 0) is 31.0 Å². The van der Waals surface area contributed by atoms with Crippen molar-refractivity contribution >= 4 is 16.8 Å². The Morgan fingerprint density at radius 3 is 2.69 bits per heavy atom. The van der Waals surface area contributed by atoms with Crippen LogP contribution in [0.5, 0.6) is 0 Å². The Morgan fingerprint density at radius 2 is 2.04 bits per heavy atom. The summed E-state index contributed by atoms with van der Waals surface area (Å²) in [5, 5.41) is 3.40. The Hall–Kier alpha value is -1.40. The Labute approximate surface area is 161 Å². The van der Waals surface area contributed by atoms with Gasteiger partial charge in [-0.15, -0.1) is 0 Å². The number of rotatable bonds is 9. The first-order chi connectivity index (χ1) is 12.7. The first-order valence-electron chi connectivity index (χ1n) is 9.73. The molecule has 1 saturated heterocycles. The van der Waals surface area contributed by atoms with Gasteiger partial charge in [-0.2, -0.15) is 0 Å². The SMILES string of the molecule is CCN(CC)CC1CCN(C(=NC)NCCS(=O)Cc2ccccc2)C1. The fraction of sp³-hybridized carbons (Fsp3) is 0.650. The molecule has 0 aliphatic carbocycles. The number of nitrogens with one attached hydrogen (secondary N) is 1. The number of nitrogens with zero attached hydrogens (tertiary/aromatic N) is 3. The standard InChI is InChI=1S/C20H34N4OS/c1-4-23(5-2)15-19-11-13-24(16-19)20(21-3)22-12-14-26(25)17-18-9-7-6-8-10-18/h6-10,19H,4-5,11-17H2,1-3H3,(H,21,22). The van der Waals surface area contributed by atoms with Crippen LogP contribution in [0.25, 0.3) is 0 Å². The second-order valence-corrected chi connectivity index (χ2v) is 8.41. The van der Waals surface area contributed by atoms with Gasteiger partial charge in [0, 0.05) is 55.5 Å². The largest absolute Gasteiger partial charge is 0.355 e. The Bertz CT molecular complexity index is 574. The van der Waals surface area contributed by atoms with Crippen molar-refractivity contribution in [2.75, 3.05) is 52.1 Å². The predicted octanol–water partition coefficient (Wildman–Crippen LogP) is 2.17. The van der Waals surface area contributed by atoms with Crippen LogP contribution < -0.4 is 5.32 Å². The molecule has 0 aromatic heterocycles. The van der Waals surface area contributed by atoms with Crippen LogP contribution in [0.15, 0.2) is 35.3 Å². The van der Waals surface area contributed by atoms with E-state index in [-0.39, 0.29) is 0 Å². The number of likely N-dealkylation sites (tertiary alicyclic amines) is 1. The van der Waals surface area contributed by atoms with E-state index in [2.05, 4.69) is 34.0 Å². The summed E-state index contributed by atoms with van der Waals surface area (Å²) in [7, 11) is 0.983. The molecule has 0 spiro atoms. The van der Waals surface area contributed by atoms with Crippen LogP contribution in [-0.4, -0.2) is 72.0 Å². The van der Waals surface area contributed by atoms with Gasteiger partial charge >= 0.3 is 0 Å². The number of benzene rings is 1. The molecule has 0 bridgehead atoms. The summed E-state index contributed by atoms with van der Waals surface area (Å²) in [5.41, 5.74) is 1.13. The van der Waals surface area contributed by atoms with Crippen molar-refractivity contribution in [3.63, 3.8) is 0 Å². The molecule has 0 saturated carbocycles. The lowest BCUT2D eigenvalue weighted by atomic mass is 10.1. The molecule has 5 nitrogen and oxygen atoms in total. The monoisotopic (exact) mass is 378 g/mol. The van der Waals surface area contributed by atoms with E-state index in [0.29, 0.717) is 24.0 Å². The van der Waals surface area contributed by atoms with Gasteiger partial charge in [-0.1, -0.05) is 44.2 Å². The van der Waals surface area contributed by atoms with Gasteiger partial charge in [0.1, 0.15) is 0 Å². The van der Waals surface area contributed by atoms with Gasteiger partial charge < -0.3 is 15.1 Å². The number of hydrogen-bond acceptors (Lipinski definition) is 3. The van der Waals surface area contributed by atoms with Crippen LogP contribution >= 0.6 is 0 Å². The fourth-order valence-electron chi connectivity index (χ4n) is 3.46. The van der Waals surface area contributed by atoms with Crippen molar-refractivity contribution in [1.29, 1.82) is 0 Å². The van der Waals surface area contributed by atoms with Crippen LogP contribution in [0.3, 0.4) is 0 Å². The molecule has 6 heteroatoms. The minimum Gasteiger partial charge on any atom is -0.355 e. The zero-order valence-electron chi connectivity index (χ0n) is 16.5. The Morgan fingerprint density at radius 1 is 1.31 bits per heavy atom. The summed E-state index contributed by atoms with van der Waals surface area (Å²) in [4.78, 5) is 9.26. The van der Waals surface area contributed by atoms with Crippen molar-refractivity contribution in [2.45, 2.75) is 26.0 Å². The second kappa shape index (κ2) is 11.3. The molecule has 0 amide bonds. The topological polar surface area (TPSA) is 47.9 Å². The molecule has 1 aromatic carbocycles. The summed E-state index contributed by atoms with van der Waals surface area (Å²) in [6.07, 6.45) is 1.22. The molecule has 2 rings (SSSR count). The van der Waals surface area contributed by atoms with Gasteiger partial charge in [0.2, 0.25) is 0 Å². The highest BCUT2D eigenvalue weighted by Crippen LogP contribution is 2.17. The lowest BCUT2D eigenvalue weighted by Gasteiger charge is -2.24. The molecular formula is C20H34N4OS. The third-order valence-corrected chi connectivity index (χ3v) is 6.31. The van der Waals surface area contributed by atoms with E-state index < -0.39 is 10.8 Å². The molecule has 1 fully saturated rings. The zero-order chi connectivity index (χ0) is 18.8. The van der Waals surface area contributed by atoms with Crippen molar-refractivity contribution in [3.8, 4) is 0 Å². The smallest absolute Gasteiger partial charge is 0.193 e. The summed E-state index contributed by atoms with van der Waals surface area (Å²) in [6, 6.07) is 10.0. The van der Waals surface area contributed by atoms with Crippen molar-refractivity contribution < 1.29 is 4.21 Å². The molecule has 1 aliphatic heterocycles. The minimum atomic E-state index is -0.851. The van der Waals surface area contributed by atoms with Crippen LogP contribution in [0.4, 0.5) is 0 Å². The molecule has 0 radical (unpaired) electrons. The molecular weight excluding hydrogens is 344 g/mol. The third-order valence-electron chi connectivity index (χ3n) is 4.99. The summed E-state index contributed by atoms with van der Waals surface area (Å²) < 4.78 is 12.3. The van der Waals surface area contributed by atoms with Crippen LogP contribution in [0.2, 0.25) is 0 Å².